The second-order valence-electron chi connectivity index (χ2n) is 5.98. The molecule has 0 saturated carbocycles. The minimum atomic E-state index is -0.370. The summed E-state index contributed by atoms with van der Waals surface area (Å²) < 4.78 is 5.13. The number of rotatable bonds is 6. The number of aliphatic imine (C=N–C) groups is 1. The van der Waals surface area contributed by atoms with Crippen LogP contribution in [0.3, 0.4) is 0 Å². The van der Waals surface area contributed by atoms with Gasteiger partial charge in [-0.05, 0) is 26.7 Å². The summed E-state index contributed by atoms with van der Waals surface area (Å²) >= 11 is 0. The van der Waals surface area contributed by atoms with Gasteiger partial charge in [0, 0.05) is 19.6 Å². The molecule has 0 radical (unpaired) electrons. The Kier molecular flexibility index (Phi) is 7.03. The SMILES string of the molecule is CCNC(=NCCN1C(=O)CNC1=O)N1CCCC(C(=O)OCC)C1. The van der Waals surface area contributed by atoms with Crippen LogP contribution in [0.25, 0.3) is 0 Å². The fourth-order valence-electron chi connectivity index (χ4n) is 2.99. The first-order valence-corrected chi connectivity index (χ1v) is 8.84. The van der Waals surface area contributed by atoms with Gasteiger partial charge >= 0.3 is 12.0 Å². The normalized spacial score (nSPS) is 21.4. The summed E-state index contributed by atoms with van der Waals surface area (Å²) in [5.74, 6) is 0.153. The van der Waals surface area contributed by atoms with Crippen molar-refractivity contribution >= 4 is 23.9 Å². The number of nitrogens with one attached hydrogen (secondary N) is 2. The van der Waals surface area contributed by atoms with Crippen molar-refractivity contribution < 1.29 is 19.1 Å². The number of hydrogen-bond acceptors (Lipinski definition) is 5. The van der Waals surface area contributed by atoms with Gasteiger partial charge in [0.15, 0.2) is 5.96 Å². The molecule has 140 valence electrons. The van der Waals surface area contributed by atoms with E-state index < -0.39 is 0 Å². The van der Waals surface area contributed by atoms with E-state index in [1.54, 1.807) is 6.92 Å². The zero-order valence-electron chi connectivity index (χ0n) is 14.9. The monoisotopic (exact) mass is 353 g/mol. The van der Waals surface area contributed by atoms with E-state index in [1.807, 2.05) is 11.8 Å². The van der Waals surface area contributed by atoms with E-state index in [0.29, 0.717) is 32.2 Å². The maximum absolute atomic E-state index is 12.0. The van der Waals surface area contributed by atoms with Crippen molar-refractivity contribution in [1.82, 2.24) is 20.4 Å². The Balaban J connectivity index is 1.95. The Bertz CT molecular complexity index is 521. The zero-order valence-corrected chi connectivity index (χ0v) is 14.9. The molecule has 0 bridgehead atoms. The first-order valence-electron chi connectivity index (χ1n) is 8.84. The van der Waals surface area contributed by atoms with Crippen LogP contribution in [0.1, 0.15) is 26.7 Å². The Labute approximate surface area is 147 Å². The molecule has 2 rings (SSSR count). The van der Waals surface area contributed by atoms with E-state index in [2.05, 4.69) is 15.6 Å². The van der Waals surface area contributed by atoms with Crippen molar-refractivity contribution in [2.75, 3.05) is 45.9 Å². The van der Waals surface area contributed by atoms with Crippen LogP contribution in [0, 0.1) is 5.92 Å². The number of guanidine groups is 1. The van der Waals surface area contributed by atoms with Crippen molar-refractivity contribution in [1.29, 1.82) is 0 Å². The lowest BCUT2D eigenvalue weighted by Gasteiger charge is -2.34. The lowest BCUT2D eigenvalue weighted by atomic mass is 9.98. The molecule has 0 aromatic heterocycles. The number of piperidine rings is 1. The van der Waals surface area contributed by atoms with Crippen LogP contribution in [0.4, 0.5) is 4.79 Å². The number of carbonyl (C=O) groups excluding carboxylic acids is 3. The van der Waals surface area contributed by atoms with Gasteiger partial charge in [0.05, 0.1) is 32.2 Å². The van der Waals surface area contributed by atoms with Crippen molar-refractivity contribution in [2.24, 2.45) is 10.9 Å². The number of hydrogen-bond donors (Lipinski definition) is 2. The highest BCUT2D eigenvalue weighted by Gasteiger charge is 2.29. The zero-order chi connectivity index (χ0) is 18.2. The van der Waals surface area contributed by atoms with E-state index in [4.69, 9.17) is 4.74 Å². The quantitative estimate of drug-likeness (QED) is 0.296. The lowest BCUT2D eigenvalue weighted by Crippen LogP contribution is -2.48. The minimum Gasteiger partial charge on any atom is -0.466 e. The molecule has 9 nitrogen and oxygen atoms in total. The van der Waals surface area contributed by atoms with Gasteiger partial charge in [0.1, 0.15) is 0 Å². The number of imide groups is 1. The molecule has 2 aliphatic heterocycles. The molecule has 2 fully saturated rings. The highest BCUT2D eigenvalue weighted by Crippen LogP contribution is 2.18. The minimum absolute atomic E-state index is 0.0515. The van der Waals surface area contributed by atoms with Crippen LogP contribution in [0.15, 0.2) is 4.99 Å². The van der Waals surface area contributed by atoms with Gasteiger partial charge in [0.25, 0.3) is 0 Å². The summed E-state index contributed by atoms with van der Waals surface area (Å²) in [5.41, 5.74) is 0. The molecule has 0 aliphatic carbocycles. The van der Waals surface area contributed by atoms with Gasteiger partial charge in [-0.1, -0.05) is 0 Å². The molecule has 2 saturated heterocycles. The van der Waals surface area contributed by atoms with Crippen molar-refractivity contribution in [3.05, 3.63) is 0 Å². The second-order valence-corrected chi connectivity index (χ2v) is 5.98. The first kappa shape index (κ1) is 19.0. The molecule has 1 unspecified atom stereocenters. The maximum atomic E-state index is 12.0. The number of esters is 1. The third kappa shape index (κ3) is 5.07. The Morgan fingerprint density at radius 1 is 1.40 bits per heavy atom. The van der Waals surface area contributed by atoms with Crippen LogP contribution in [0.2, 0.25) is 0 Å². The average molecular weight is 353 g/mol. The summed E-state index contributed by atoms with van der Waals surface area (Å²) in [4.78, 5) is 42.8. The van der Waals surface area contributed by atoms with Crippen LogP contribution in [0.5, 0.6) is 0 Å². The van der Waals surface area contributed by atoms with Gasteiger partial charge < -0.3 is 20.3 Å². The van der Waals surface area contributed by atoms with Gasteiger partial charge in [-0.15, -0.1) is 0 Å². The molecule has 2 aliphatic rings. The molecule has 9 heteroatoms. The van der Waals surface area contributed by atoms with E-state index in [9.17, 15) is 14.4 Å². The Morgan fingerprint density at radius 3 is 2.84 bits per heavy atom. The maximum Gasteiger partial charge on any atom is 0.324 e. The smallest absolute Gasteiger partial charge is 0.324 e. The number of urea groups is 1. The van der Waals surface area contributed by atoms with E-state index in [-0.39, 0.29) is 36.9 Å². The van der Waals surface area contributed by atoms with Gasteiger partial charge in [-0.2, -0.15) is 0 Å². The number of likely N-dealkylation sites (tertiary alicyclic amines) is 1. The summed E-state index contributed by atoms with van der Waals surface area (Å²) in [6.07, 6.45) is 1.71. The van der Waals surface area contributed by atoms with Crippen LogP contribution in [-0.4, -0.2) is 79.5 Å². The van der Waals surface area contributed by atoms with Gasteiger partial charge in [-0.25, -0.2) is 4.79 Å². The fourth-order valence-corrected chi connectivity index (χ4v) is 2.99. The number of ether oxygens (including phenoxy) is 1. The third-order valence-corrected chi connectivity index (χ3v) is 4.20. The summed E-state index contributed by atoms with van der Waals surface area (Å²) in [6, 6.07) is -0.370. The molecule has 2 N–H and O–H groups in total. The largest absolute Gasteiger partial charge is 0.466 e. The average Bonchev–Trinajstić information content (AvgIpc) is 2.93. The first-order chi connectivity index (χ1) is 12.1. The number of nitrogens with zero attached hydrogens (tertiary/aromatic N) is 3. The second kappa shape index (κ2) is 9.24. The number of amides is 3. The molecule has 0 spiro atoms. The molecular weight excluding hydrogens is 326 g/mol. The predicted octanol–water partition coefficient (Wildman–Crippen LogP) is -0.221. The van der Waals surface area contributed by atoms with Crippen LogP contribution < -0.4 is 10.6 Å². The highest BCUT2D eigenvalue weighted by molar-refractivity contribution is 6.01. The van der Waals surface area contributed by atoms with Crippen LogP contribution >= 0.6 is 0 Å². The number of carbonyl (C=O) groups is 3. The van der Waals surface area contributed by atoms with E-state index in [1.165, 1.54) is 4.90 Å². The van der Waals surface area contributed by atoms with E-state index >= 15 is 0 Å². The topological polar surface area (TPSA) is 103 Å². The highest BCUT2D eigenvalue weighted by atomic mass is 16.5. The van der Waals surface area contributed by atoms with Crippen LogP contribution in [-0.2, 0) is 14.3 Å². The van der Waals surface area contributed by atoms with Crippen molar-refractivity contribution in [3.63, 3.8) is 0 Å². The fraction of sp³-hybridized carbons (Fsp3) is 0.750. The molecule has 0 aromatic rings. The molecule has 25 heavy (non-hydrogen) atoms. The molecule has 0 aromatic carbocycles. The summed E-state index contributed by atoms with van der Waals surface area (Å²) in [5, 5.41) is 5.70. The molecular formula is C16H27N5O4. The standard InChI is InChI=1S/C16H27N5O4/c1-3-17-15(18-7-9-21-13(22)10-19-16(21)24)20-8-5-6-12(11-20)14(23)25-4-2/h12H,3-11H2,1-2H3,(H,17,18)(H,19,24). The predicted molar refractivity (Wildman–Crippen MR) is 92.0 cm³/mol. The van der Waals surface area contributed by atoms with Gasteiger partial charge in [0.2, 0.25) is 5.91 Å². The van der Waals surface area contributed by atoms with E-state index in [0.717, 1.165) is 19.4 Å². The molecule has 1 atom stereocenters. The lowest BCUT2D eigenvalue weighted by molar-refractivity contribution is -0.149. The Morgan fingerprint density at radius 2 is 2.20 bits per heavy atom. The van der Waals surface area contributed by atoms with Gasteiger partial charge in [-0.3, -0.25) is 19.5 Å². The Hall–Kier alpha value is -2.32. The van der Waals surface area contributed by atoms with Crippen molar-refractivity contribution in [2.45, 2.75) is 26.7 Å². The third-order valence-electron chi connectivity index (χ3n) is 4.20. The van der Waals surface area contributed by atoms with Crippen molar-refractivity contribution in [3.8, 4) is 0 Å². The summed E-state index contributed by atoms with van der Waals surface area (Å²) in [6.45, 7) is 6.85. The molecule has 2 heterocycles. The summed E-state index contributed by atoms with van der Waals surface area (Å²) in [7, 11) is 0. The molecule has 3 amide bonds.